The first-order chi connectivity index (χ1) is 8.51. The summed E-state index contributed by atoms with van der Waals surface area (Å²) in [5.74, 6) is 0.0453. The molecule has 0 aromatic rings. The highest BCUT2D eigenvalue weighted by molar-refractivity contribution is 5.76. The normalized spacial score (nSPS) is 24.6. The smallest absolute Gasteiger partial charge is 0.220 e. The lowest BCUT2D eigenvalue weighted by Crippen LogP contribution is -2.48. The van der Waals surface area contributed by atoms with E-state index in [1.165, 1.54) is 0 Å². The largest absolute Gasteiger partial charge is 0.393 e. The van der Waals surface area contributed by atoms with Crippen molar-refractivity contribution in [3.63, 3.8) is 0 Å². The van der Waals surface area contributed by atoms with Crippen molar-refractivity contribution in [2.75, 3.05) is 6.61 Å². The number of carbonyl (C=O) groups excluding carboxylic acids is 1. The number of amides is 1. The van der Waals surface area contributed by atoms with Crippen LogP contribution in [0.1, 0.15) is 59.3 Å². The number of nitrogens with one attached hydrogen (secondary N) is 1. The topological polar surface area (TPSA) is 58.6 Å². The summed E-state index contributed by atoms with van der Waals surface area (Å²) in [7, 11) is 0. The summed E-state index contributed by atoms with van der Waals surface area (Å²) >= 11 is 0. The number of aliphatic hydroxyl groups is 1. The Morgan fingerprint density at radius 3 is 2.72 bits per heavy atom. The van der Waals surface area contributed by atoms with Crippen LogP contribution in [0.5, 0.6) is 0 Å². The first kappa shape index (κ1) is 15.4. The van der Waals surface area contributed by atoms with E-state index in [2.05, 4.69) is 19.2 Å². The van der Waals surface area contributed by atoms with Crippen LogP contribution in [-0.4, -0.2) is 35.4 Å². The number of rotatable bonds is 6. The number of hydrogen-bond donors (Lipinski definition) is 2. The highest BCUT2D eigenvalue weighted by Crippen LogP contribution is 2.31. The summed E-state index contributed by atoms with van der Waals surface area (Å²) in [5, 5.41) is 12.2. The van der Waals surface area contributed by atoms with Crippen molar-refractivity contribution in [1.29, 1.82) is 0 Å². The van der Waals surface area contributed by atoms with Crippen molar-refractivity contribution in [2.24, 2.45) is 0 Å². The fourth-order valence-corrected chi connectivity index (χ4v) is 2.53. The van der Waals surface area contributed by atoms with Gasteiger partial charge in [-0.2, -0.15) is 0 Å². The summed E-state index contributed by atoms with van der Waals surface area (Å²) in [6, 6.07) is 0.222. The van der Waals surface area contributed by atoms with Crippen LogP contribution in [0.4, 0.5) is 0 Å². The van der Waals surface area contributed by atoms with Crippen LogP contribution in [-0.2, 0) is 9.53 Å². The summed E-state index contributed by atoms with van der Waals surface area (Å²) in [4.78, 5) is 11.7. The Balaban J connectivity index is 2.40. The molecule has 0 saturated carbocycles. The Kier molecular flexibility index (Phi) is 6.09. The zero-order valence-corrected chi connectivity index (χ0v) is 11.9. The van der Waals surface area contributed by atoms with Gasteiger partial charge in [0.1, 0.15) is 0 Å². The van der Waals surface area contributed by atoms with Crippen LogP contribution >= 0.6 is 0 Å². The Bertz CT molecular complexity index is 262. The van der Waals surface area contributed by atoms with Gasteiger partial charge in [0, 0.05) is 19.1 Å². The van der Waals surface area contributed by atoms with Crippen molar-refractivity contribution in [1.82, 2.24) is 5.32 Å². The van der Waals surface area contributed by atoms with Gasteiger partial charge < -0.3 is 15.2 Å². The summed E-state index contributed by atoms with van der Waals surface area (Å²) < 4.78 is 5.88. The Morgan fingerprint density at radius 2 is 2.17 bits per heavy atom. The third-order valence-electron chi connectivity index (χ3n) is 3.94. The van der Waals surface area contributed by atoms with Crippen molar-refractivity contribution >= 4 is 5.91 Å². The molecule has 2 N–H and O–H groups in total. The molecule has 4 nitrogen and oxygen atoms in total. The molecule has 2 atom stereocenters. The molecule has 1 heterocycles. The van der Waals surface area contributed by atoms with Crippen molar-refractivity contribution < 1.29 is 14.6 Å². The predicted molar refractivity (Wildman–Crippen MR) is 71.3 cm³/mol. The van der Waals surface area contributed by atoms with E-state index in [9.17, 15) is 4.79 Å². The highest BCUT2D eigenvalue weighted by atomic mass is 16.5. The van der Waals surface area contributed by atoms with Gasteiger partial charge in [-0.25, -0.2) is 0 Å². The molecule has 0 aromatic carbocycles. The SMILES string of the molecule is CCC1(CC)CC(NC(=O)CCC(C)O)CCO1. The second-order valence-corrected chi connectivity index (χ2v) is 5.38. The number of aliphatic hydroxyl groups excluding tert-OH is 1. The van der Waals surface area contributed by atoms with E-state index in [-0.39, 0.29) is 17.6 Å². The molecule has 1 rings (SSSR count). The fraction of sp³-hybridized carbons (Fsp3) is 0.929. The maximum Gasteiger partial charge on any atom is 0.220 e. The zero-order valence-electron chi connectivity index (χ0n) is 11.9. The molecule has 1 amide bonds. The lowest BCUT2D eigenvalue weighted by molar-refractivity contribution is -0.126. The second-order valence-electron chi connectivity index (χ2n) is 5.38. The van der Waals surface area contributed by atoms with Crippen LogP contribution in [0.25, 0.3) is 0 Å². The molecule has 1 aliphatic heterocycles. The maximum absolute atomic E-state index is 11.7. The standard InChI is InChI=1S/C14H27NO3/c1-4-14(5-2)10-12(8-9-18-14)15-13(17)7-6-11(3)16/h11-12,16H,4-10H2,1-3H3,(H,15,17). The molecule has 18 heavy (non-hydrogen) atoms. The van der Waals surface area contributed by atoms with E-state index in [0.717, 1.165) is 32.3 Å². The predicted octanol–water partition coefficient (Wildman–Crippen LogP) is 2.00. The molecule has 1 saturated heterocycles. The first-order valence-electron chi connectivity index (χ1n) is 7.12. The second kappa shape index (κ2) is 7.10. The van der Waals surface area contributed by atoms with Gasteiger partial charge in [0.2, 0.25) is 5.91 Å². The van der Waals surface area contributed by atoms with Gasteiger partial charge in [0.25, 0.3) is 0 Å². The highest BCUT2D eigenvalue weighted by Gasteiger charge is 2.34. The quantitative estimate of drug-likeness (QED) is 0.765. The first-order valence-corrected chi connectivity index (χ1v) is 7.12. The Labute approximate surface area is 110 Å². The van der Waals surface area contributed by atoms with Gasteiger partial charge >= 0.3 is 0 Å². The minimum atomic E-state index is -0.407. The molecule has 1 aliphatic rings. The van der Waals surface area contributed by atoms with Gasteiger partial charge in [-0.05, 0) is 39.0 Å². The average molecular weight is 257 g/mol. The van der Waals surface area contributed by atoms with Crippen LogP contribution in [0.3, 0.4) is 0 Å². The van der Waals surface area contributed by atoms with E-state index >= 15 is 0 Å². The van der Waals surface area contributed by atoms with Crippen LogP contribution in [0.2, 0.25) is 0 Å². The number of carbonyl (C=O) groups is 1. The van der Waals surface area contributed by atoms with E-state index in [1.54, 1.807) is 6.92 Å². The average Bonchev–Trinajstić information content (AvgIpc) is 2.36. The van der Waals surface area contributed by atoms with Crippen LogP contribution in [0, 0.1) is 0 Å². The van der Waals surface area contributed by atoms with Gasteiger partial charge in [0.05, 0.1) is 11.7 Å². The Hall–Kier alpha value is -0.610. The van der Waals surface area contributed by atoms with Crippen LogP contribution in [0.15, 0.2) is 0 Å². The monoisotopic (exact) mass is 257 g/mol. The molecule has 106 valence electrons. The summed E-state index contributed by atoms with van der Waals surface area (Å²) in [6.07, 6.45) is 4.30. The molecular formula is C14H27NO3. The lowest BCUT2D eigenvalue weighted by Gasteiger charge is -2.40. The summed E-state index contributed by atoms with van der Waals surface area (Å²) in [5.41, 5.74) is -0.0551. The zero-order chi connectivity index (χ0) is 13.6. The molecule has 0 aliphatic carbocycles. The third-order valence-corrected chi connectivity index (χ3v) is 3.94. The lowest BCUT2D eigenvalue weighted by atomic mass is 9.86. The van der Waals surface area contributed by atoms with E-state index in [0.29, 0.717) is 12.8 Å². The Morgan fingerprint density at radius 1 is 1.50 bits per heavy atom. The van der Waals surface area contributed by atoms with E-state index < -0.39 is 6.10 Å². The minimum absolute atomic E-state index is 0.0453. The molecule has 4 heteroatoms. The van der Waals surface area contributed by atoms with Gasteiger partial charge in [-0.3, -0.25) is 4.79 Å². The van der Waals surface area contributed by atoms with Crippen molar-refractivity contribution in [3.05, 3.63) is 0 Å². The molecule has 0 radical (unpaired) electrons. The molecule has 1 fully saturated rings. The fourth-order valence-electron chi connectivity index (χ4n) is 2.53. The summed E-state index contributed by atoms with van der Waals surface area (Å²) in [6.45, 7) is 6.71. The van der Waals surface area contributed by atoms with Crippen molar-refractivity contribution in [3.8, 4) is 0 Å². The molecular weight excluding hydrogens is 230 g/mol. The third kappa shape index (κ3) is 4.58. The molecule has 0 bridgehead atoms. The maximum atomic E-state index is 11.7. The molecule has 0 aromatic heterocycles. The van der Waals surface area contributed by atoms with E-state index in [4.69, 9.17) is 9.84 Å². The van der Waals surface area contributed by atoms with Gasteiger partial charge in [-0.1, -0.05) is 13.8 Å². The van der Waals surface area contributed by atoms with Crippen molar-refractivity contribution in [2.45, 2.75) is 77.0 Å². The number of ether oxygens (including phenoxy) is 1. The number of hydrogen-bond acceptors (Lipinski definition) is 3. The van der Waals surface area contributed by atoms with Crippen LogP contribution < -0.4 is 5.32 Å². The van der Waals surface area contributed by atoms with Gasteiger partial charge in [0.15, 0.2) is 0 Å². The van der Waals surface area contributed by atoms with E-state index in [1.807, 2.05) is 0 Å². The minimum Gasteiger partial charge on any atom is -0.393 e. The van der Waals surface area contributed by atoms with Gasteiger partial charge in [-0.15, -0.1) is 0 Å². The molecule has 2 unspecified atom stereocenters. The molecule has 0 spiro atoms.